The molecule has 2 aliphatic rings. The van der Waals surface area contributed by atoms with Gasteiger partial charge in [0.2, 0.25) is 5.91 Å². The molecule has 0 aliphatic carbocycles. The Morgan fingerprint density at radius 1 is 1.12 bits per heavy atom. The van der Waals surface area contributed by atoms with E-state index in [1.807, 2.05) is 4.90 Å². The summed E-state index contributed by atoms with van der Waals surface area (Å²) in [7, 11) is 0. The van der Waals surface area contributed by atoms with Gasteiger partial charge in [0, 0.05) is 39.6 Å². The van der Waals surface area contributed by atoms with Gasteiger partial charge in [0.15, 0.2) is 0 Å². The number of piperidine rings is 1. The molecule has 0 aromatic heterocycles. The molecule has 132 valence electrons. The van der Waals surface area contributed by atoms with Gasteiger partial charge in [0.05, 0.1) is 0 Å². The van der Waals surface area contributed by atoms with Crippen LogP contribution in [0.4, 0.5) is 0 Å². The number of nitrogens with zero attached hydrogens (tertiary/aromatic N) is 2. The molecule has 0 saturated carbocycles. The standard InChI is InChI=1S/C19H29N3O2/c1-16(23)22-12-10-21(11-13-22)14-15-24-19-4-2-17(3-5-19)18-6-8-20-9-7-18/h2-5,18,20H,6-15H2,1H3. The molecule has 2 fully saturated rings. The van der Waals surface area contributed by atoms with Gasteiger partial charge in [0.25, 0.3) is 0 Å². The minimum atomic E-state index is 0.180. The summed E-state index contributed by atoms with van der Waals surface area (Å²) in [4.78, 5) is 15.6. The van der Waals surface area contributed by atoms with Crippen molar-refractivity contribution in [1.29, 1.82) is 0 Å². The van der Waals surface area contributed by atoms with Crippen LogP contribution in [-0.2, 0) is 4.79 Å². The first kappa shape index (κ1) is 17.2. The topological polar surface area (TPSA) is 44.8 Å². The van der Waals surface area contributed by atoms with Gasteiger partial charge in [-0.25, -0.2) is 0 Å². The summed E-state index contributed by atoms with van der Waals surface area (Å²) >= 11 is 0. The highest BCUT2D eigenvalue weighted by molar-refractivity contribution is 5.73. The molecule has 2 aliphatic heterocycles. The van der Waals surface area contributed by atoms with Crippen molar-refractivity contribution in [3.63, 3.8) is 0 Å². The van der Waals surface area contributed by atoms with E-state index in [0.29, 0.717) is 12.5 Å². The molecule has 3 rings (SSSR count). The van der Waals surface area contributed by atoms with Gasteiger partial charge < -0.3 is 15.0 Å². The number of carbonyl (C=O) groups excluding carboxylic acids is 1. The van der Waals surface area contributed by atoms with E-state index in [-0.39, 0.29) is 5.91 Å². The Balaban J connectivity index is 1.38. The quantitative estimate of drug-likeness (QED) is 0.892. The summed E-state index contributed by atoms with van der Waals surface area (Å²) in [6.07, 6.45) is 2.46. The van der Waals surface area contributed by atoms with Crippen LogP contribution in [0.15, 0.2) is 24.3 Å². The van der Waals surface area contributed by atoms with Gasteiger partial charge in [-0.1, -0.05) is 12.1 Å². The number of hydrogen-bond acceptors (Lipinski definition) is 4. The number of carbonyl (C=O) groups is 1. The average molecular weight is 331 g/mol. The zero-order chi connectivity index (χ0) is 16.8. The van der Waals surface area contributed by atoms with Crippen molar-refractivity contribution in [2.24, 2.45) is 0 Å². The normalized spacial score (nSPS) is 20.1. The molecular formula is C19H29N3O2. The zero-order valence-corrected chi connectivity index (χ0v) is 14.7. The summed E-state index contributed by atoms with van der Waals surface area (Å²) in [5.41, 5.74) is 1.43. The molecule has 1 N–H and O–H groups in total. The Bertz CT molecular complexity index is 518. The number of ether oxygens (including phenoxy) is 1. The number of nitrogens with one attached hydrogen (secondary N) is 1. The van der Waals surface area contributed by atoms with E-state index in [4.69, 9.17) is 4.74 Å². The third-order valence-corrected chi connectivity index (χ3v) is 5.18. The van der Waals surface area contributed by atoms with E-state index in [9.17, 15) is 4.79 Å². The van der Waals surface area contributed by atoms with E-state index in [2.05, 4.69) is 34.5 Å². The lowest BCUT2D eigenvalue weighted by Crippen LogP contribution is -2.48. The summed E-state index contributed by atoms with van der Waals surface area (Å²) in [5.74, 6) is 1.83. The molecule has 5 nitrogen and oxygen atoms in total. The second-order valence-corrected chi connectivity index (χ2v) is 6.79. The van der Waals surface area contributed by atoms with Crippen LogP contribution in [0.2, 0.25) is 0 Å². The Morgan fingerprint density at radius 2 is 1.79 bits per heavy atom. The molecule has 2 saturated heterocycles. The van der Waals surface area contributed by atoms with Crippen molar-refractivity contribution in [2.75, 3.05) is 52.4 Å². The van der Waals surface area contributed by atoms with Crippen molar-refractivity contribution in [3.8, 4) is 5.75 Å². The Hall–Kier alpha value is -1.59. The van der Waals surface area contributed by atoms with Crippen molar-refractivity contribution in [2.45, 2.75) is 25.7 Å². The van der Waals surface area contributed by atoms with Crippen LogP contribution in [0.5, 0.6) is 5.75 Å². The first-order chi connectivity index (χ1) is 11.7. The van der Waals surface area contributed by atoms with Crippen LogP contribution in [0, 0.1) is 0 Å². The van der Waals surface area contributed by atoms with Crippen LogP contribution in [0.3, 0.4) is 0 Å². The van der Waals surface area contributed by atoms with E-state index < -0.39 is 0 Å². The molecular weight excluding hydrogens is 302 g/mol. The highest BCUT2D eigenvalue weighted by Crippen LogP contribution is 2.26. The maximum absolute atomic E-state index is 11.3. The van der Waals surface area contributed by atoms with Crippen LogP contribution in [0.25, 0.3) is 0 Å². The van der Waals surface area contributed by atoms with Crippen LogP contribution in [-0.4, -0.2) is 68.1 Å². The number of hydrogen-bond donors (Lipinski definition) is 1. The van der Waals surface area contributed by atoms with E-state index >= 15 is 0 Å². The molecule has 0 radical (unpaired) electrons. The monoisotopic (exact) mass is 331 g/mol. The molecule has 0 atom stereocenters. The molecule has 1 aromatic rings. The fourth-order valence-corrected chi connectivity index (χ4v) is 3.57. The number of piperazine rings is 1. The number of benzene rings is 1. The molecule has 1 amide bonds. The third-order valence-electron chi connectivity index (χ3n) is 5.18. The molecule has 24 heavy (non-hydrogen) atoms. The van der Waals surface area contributed by atoms with Gasteiger partial charge >= 0.3 is 0 Å². The van der Waals surface area contributed by atoms with Crippen molar-refractivity contribution in [1.82, 2.24) is 15.1 Å². The maximum atomic E-state index is 11.3. The highest BCUT2D eigenvalue weighted by Gasteiger charge is 2.18. The van der Waals surface area contributed by atoms with Gasteiger partial charge in [-0.3, -0.25) is 9.69 Å². The number of amides is 1. The second-order valence-electron chi connectivity index (χ2n) is 6.79. The molecule has 0 spiro atoms. The molecule has 1 aromatic carbocycles. The van der Waals surface area contributed by atoms with Crippen LogP contribution >= 0.6 is 0 Å². The van der Waals surface area contributed by atoms with Crippen molar-refractivity contribution < 1.29 is 9.53 Å². The van der Waals surface area contributed by atoms with E-state index in [0.717, 1.165) is 51.6 Å². The summed E-state index contributed by atoms with van der Waals surface area (Å²) in [5, 5.41) is 3.41. The van der Waals surface area contributed by atoms with Crippen molar-refractivity contribution in [3.05, 3.63) is 29.8 Å². The fraction of sp³-hybridized carbons (Fsp3) is 0.632. The third kappa shape index (κ3) is 4.71. The van der Waals surface area contributed by atoms with Gasteiger partial charge in [-0.15, -0.1) is 0 Å². The molecule has 0 bridgehead atoms. The largest absolute Gasteiger partial charge is 0.492 e. The summed E-state index contributed by atoms with van der Waals surface area (Å²) in [6, 6.07) is 8.64. The highest BCUT2D eigenvalue weighted by atomic mass is 16.5. The molecule has 2 heterocycles. The first-order valence-corrected chi connectivity index (χ1v) is 9.14. The predicted molar refractivity (Wildman–Crippen MR) is 95.5 cm³/mol. The maximum Gasteiger partial charge on any atom is 0.219 e. The van der Waals surface area contributed by atoms with E-state index in [1.165, 1.54) is 18.4 Å². The zero-order valence-electron chi connectivity index (χ0n) is 14.7. The lowest BCUT2D eigenvalue weighted by atomic mass is 9.90. The summed E-state index contributed by atoms with van der Waals surface area (Å²) < 4.78 is 5.89. The Morgan fingerprint density at radius 3 is 2.42 bits per heavy atom. The minimum Gasteiger partial charge on any atom is -0.492 e. The number of rotatable bonds is 5. The lowest BCUT2D eigenvalue weighted by molar-refractivity contribution is -0.130. The minimum absolute atomic E-state index is 0.180. The molecule has 0 unspecified atom stereocenters. The summed E-state index contributed by atoms with van der Waals surface area (Å²) in [6.45, 7) is 9.07. The van der Waals surface area contributed by atoms with Crippen molar-refractivity contribution >= 4 is 5.91 Å². The lowest BCUT2D eigenvalue weighted by Gasteiger charge is -2.34. The first-order valence-electron chi connectivity index (χ1n) is 9.14. The van der Waals surface area contributed by atoms with Gasteiger partial charge in [-0.2, -0.15) is 0 Å². The van der Waals surface area contributed by atoms with E-state index in [1.54, 1.807) is 6.92 Å². The molecule has 5 heteroatoms. The Kier molecular flexibility index (Phi) is 6.10. The van der Waals surface area contributed by atoms with Crippen LogP contribution < -0.4 is 10.1 Å². The fourth-order valence-electron chi connectivity index (χ4n) is 3.57. The second kappa shape index (κ2) is 8.49. The van der Waals surface area contributed by atoms with Gasteiger partial charge in [0.1, 0.15) is 12.4 Å². The Labute approximate surface area is 145 Å². The van der Waals surface area contributed by atoms with Gasteiger partial charge in [-0.05, 0) is 49.5 Å². The smallest absolute Gasteiger partial charge is 0.219 e. The SMILES string of the molecule is CC(=O)N1CCN(CCOc2ccc(C3CCNCC3)cc2)CC1. The van der Waals surface area contributed by atoms with Crippen LogP contribution in [0.1, 0.15) is 31.2 Å². The predicted octanol–water partition coefficient (Wildman–Crippen LogP) is 1.70. The average Bonchev–Trinajstić information content (AvgIpc) is 2.63.